The largest absolute Gasteiger partial charge is 0.330 e. The number of hydrogen-bond acceptors (Lipinski definition) is 3. The van der Waals surface area contributed by atoms with E-state index in [0.717, 1.165) is 24.4 Å². The van der Waals surface area contributed by atoms with Crippen molar-refractivity contribution in [2.24, 2.45) is 5.73 Å². The second-order valence-electron chi connectivity index (χ2n) is 4.87. The molecule has 0 radical (unpaired) electrons. The van der Waals surface area contributed by atoms with Crippen LogP contribution in [0.25, 0.3) is 10.6 Å². The zero-order chi connectivity index (χ0) is 12.4. The molecule has 2 aromatic rings. The summed E-state index contributed by atoms with van der Waals surface area (Å²) in [4.78, 5) is 4.71. The third-order valence-electron chi connectivity index (χ3n) is 3.53. The number of benzene rings is 1. The SMILES string of the molecule is NCCCc1csc(-c2ccc3c(c2)CCC3)n1. The molecule has 0 bridgehead atoms. The van der Waals surface area contributed by atoms with Crippen molar-refractivity contribution in [3.05, 3.63) is 40.4 Å². The highest BCUT2D eigenvalue weighted by Gasteiger charge is 2.12. The molecule has 18 heavy (non-hydrogen) atoms. The maximum absolute atomic E-state index is 5.53. The summed E-state index contributed by atoms with van der Waals surface area (Å²) in [5.41, 5.74) is 11.0. The number of nitrogens with zero attached hydrogens (tertiary/aromatic N) is 1. The van der Waals surface area contributed by atoms with Crippen molar-refractivity contribution >= 4 is 11.3 Å². The number of aryl methyl sites for hydroxylation is 3. The van der Waals surface area contributed by atoms with Crippen molar-refractivity contribution in [2.45, 2.75) is 32.1 Å². The zero-order valence-corrected chi connectivity index (χ0v) is 11.3. The van der Waals surface area contributed by atoms with E-state index in [-0.39, 0.29) is 0 Å². The zero-order valence-electron chi connectivity index (χ0n) is 10.5. The first kappa shape index (κ1) is 11.9. The molecule has 3 heteroatoms. The minimum Gasteiger partial charge on any atom is -0.330 e. The van der Waals surface area contributed by atoms with Gasteiger partial charge in [-0.1, -0.05) is 12.1 Å². The minimum atomic E-state index is 0.742. The lowest BCUT2D eigenvalue weighted by molar-refractivity contribution is 0.816. The smallest absolute Gasteiger partial charge is 0.123 e. The molecular weight excluding hydrogens is 240 g/mol. The average Bonchev–Trinajstić information content (AvgIpc) is 3.04. The van der Waals surface area contributed by atoms with Gasteiger partial charge < -0.3 is 5.73 Å². The third kappa shape index (κ3) is 2.33. The summed E-state index contributed by atoms with van der Waals surface area (Å²) in [7, 11) is 0. The van der Waals surface area contributed by atoms with Crippen molar-refractivity contribution < 1.29 is 0 Å². The molecule has 94 valence electrons. The van der Waals surface area contributed by atoms with E-state index in [1.54, 1.807) is 11.3 Å². The molecule has 0 fully saturated rings. The summed E-state index contributed by atoms with van der Waals surface area (Å²) in [6, 6.07) is 6.82. The van der Waals surface area contributed by atoms with Crippen LogP contribution < -0.4 is 5.73 Å². The van der Waals surface area contributed by atoms with Crippen LogP contribution in [0.2, 0.25) is 0 Å². The van der Waals surface area contributed by atoms with Crippen molar-refractivity contribution in [1.82, 2.24) is 4.98 Å². The summed E-state index contributed by atoms with van der Waals surface area (Å²) >= 11 is 1.75. The van der Waals surface area contributed by atoms with Crippen LogP contribution >= 0.6 is 11.3 Å². The Morgan fingerprint density at radius 3 is 3.00 bits per heavy atom. The van der Waals surface area contributed by atoms with Gasteiger partial charge in [0.1, 0.15) is 5.01 Å². The fraction of sp³-hybridized carbons (Fsp3) is 0.400. The Hall–Kier alpha value is -1.19. The molecule has 1 aromatic carbocycles. The molecule has 0 unspecified atom stereocenters. The van der Waals surface area contributed by atoms with Gasteiger partial charge in [0.2, 0.25) is 0 Å². The molecule has 0 saturated heterocycles. The lowest BCUT2D eigenvalue weighted by Crippen LogP contribution is -2.00. The fourth-order valence-corrected chi connectivity index (χ4v) is 3.39. The van der Waals surface area contributed by atoms with Crippen LogP contribution in [0.5, 0.6) is 0 Å². The number of thiazole rings is 1. The monoisotopic (exact) mass is 258 g/mol. The Labute approximate surface area is 112 Å². The first-order valence-electron chi connectivity index (χ1n) is 6.63. The molecule has 3 rings (SSSR count). The quantitative estimate of drug-likeness (QED) is 0.914. The normalized spacial score (nSPS) is 13.8. The van der Waals surface area contributed by atoms with Gasteiger partial charge in [0.15, 0.2) is 0 Å². The van der Waals surface area contributed by atoms with Gasteiger partial charge >= 0.3 is 0 Å². The number of hydrogen-bond donors (Lipinski definition) is 1. The van der Waals surface area contributed by atoms with Crippen LogP contribution in [0.15, 0.2) is 23.6 Å². The van der Waals surface area contributed by atoms with Gasteiger partial charge in [-0.15, -0.1) is 11.3 Å². The van der Waals surface area contributed by atoms with E-state index in [4.69, 9.17) is 10.7 Å². The first-order valence-corrected chi connectivity index (χ1v) is 7.51. The van der Waals surface area contributed by atoms with Gasteiger partial charge in [-0.3, -0.25) is 0 Å². The number of aromatic nitrogens is 1. The van der Waals surface area contributed by atoms with Crippen LogP contribution in [0.4, 0.5) is 0 Å². The first-order chi connectivity index (χ1) is 8.86. The van der Waals surface area contributed by atoms with Crippen LogP contribution in [0, 0.1) is 0 Å². The van der Waals surface area contributed by atoms with Gasteiger partial charge in [0, 0.05) is 10.9 Å². The second-order valence-corrected chi connectivity index (χ2v) is 5.73. The van der Waals surface area contributed by atoms with Gasteiger partial charge in [0.05, 0.1) is 5.69 Å². The van der Waals surface area contributed by atoms with Gasteiger partial charge in [-0.25, -0.2) is 4.98 Å². The van der Waals surface area contributed by atoms with E-state index < -0.39 is 0 Å². The molecule has 1 heterocycles. The third-order valence-corrected chi connectivity index (χ3v) is 4.47. The molecule has 1 aromatic heterocycles. The highest BCUT2D eigenvalue weighted by Crippen LogP contribution is 2.29. The maximum Gasteiger partial charge on any atom is 0.123 e. The van der Waals surface area contributed by atoms with Crippen LogP contribution in [-0.2, 0) is 19.3 Å². The molecule has 0 aliphatic heterocycles. The van der Waals surface area contributed by atoms with E-state index in [9.17, 15) is 0 Å². The Morgan fingerprint density at radius 1 is 1.22 bits per heavy atom. The fourth-order valence-electron chi connectivity index (χ4n) is 2.54. The van der Waals surface area contributed by atoms with Crippen molar-refractivity contribution in [1.29, 1.82) is 0 Å². The Balaban J connectivity index is 1.83. The van der Waals surface area contributed by atoms with Crippen LogP contribution in [0.1, 0.15) is 29.7 Å². The number of rotatable bonds is 4. The molecule has 2 nitrogen and oxygen atoms in total. The Morgan fingerprint density at radius 2 is 2.11 bits per heavy atom. The predicted octanol–water partition coefficient (Wildman–Crippen LogP) is 3.19. The van der Waals surface area contributed by atoms with E-state index in [1.165, 1.54) is 41.6 Å². The van der Waals surface area contributed by atoms with Gasteiger partial charge in [-0.2, -0.15) is 0 Å². The molecule has 0 saturated carbocycles. The molecule has 0 atom stereocenters. The summed E-state index contributed by atoms with van der Waals surface area (Å²) in [5.74, 6) is 0. The van der Waals surface area contributed by atoms with E-state index in [0.29, 0.717) is 0 Å². The highest BCUT2D eigenvalue weighted by atomic mass is 32.1. The predicted molar refractivity (Wildman–Crippen MR) is 77.0 cm³/mol. The summed E-state index contributed by atoms with van der Waals surface area (Å²) in [6.45, 7) is 0.742. The van der Waals surface area contributed by atoms with E-state index >= 15 is 0 Å². The molecule has 1 aliphatic rings. The topological polar surface area (TPSA) is 38.9 Å². The van der Waals surface area contributed by atoms with Crippen LogP contribution in [0.3, 0.4) is 0 Å². The van der Waals surface area contributed by atoms with E-state index in [2.05, 4.69) is 23.6 Å². The average molecular weight is 258 g/mol. The molecule has 1 aliphatic carbocycles. The standard InChI is InChI=1S/C15H18N2S/c16-8-2-5-14-10-18-15(17-14)13-7-6-11-3-1-4-12(11)9-13/h6-7,9-10H,1-5,8,16H2. The number of fused-ring (bicyclic) bond motifs is 1. The number of nitrogens with two attached hydrogens (primary N) is 1. The Kier molecular flexibility index (Phi) is 3.43. The minimum absolute atomic E-state index is 0.742. The lowest BCUT2D eigenvalue weighted by Gasteiger charge is -2.01. The van der Waals surface area contributed by atoms with Crippen molar-refractivity contribution in [2.75, 3.05) is 6.54 Å². The highest BCUT2D eigenvalue weighted by molar-refractivity contribution is 7.13. The van der Waals surface area contributed by atoms with Crippen molar-refractivity contribution in [3.63, 3.8) is 0 Å². The Bertz CT molecular complexity index is 545. The molecule has 0 amide bonds. The molecular formula is C15H18N2S. The van der Waals surface area contributed by atoms with Crippen molar-refractivity contribution in [3.8, 4) is 10.6 Å². The summed E-state index contributed by atoms with van der Waals surface area (Å²) < 4.78 is 0. The summed E-state index contributed by atoms with van der Waals surface area (Å²) in [5, 5.41) is 3.31. The second kappa shape index (κ2) is 5.21. The lowest BCUT2D eigenvalue weighted by atomic mass is 10.1. The summed E-state index contributed by atoms with van der Waals surface area (Å²) in [6.07, 6.45) is 5.80. The van der Waals surface area contributed by atoms with E-state index in [1.807, 2.05) is 0 Å². The van der Waals surface area contributed by atoms with Crippen LogP contribution in [-0.4, -0.2) is 11.5 Å². The maximum atomic E-state index is 5.53. The van der Waals surface area contributed by atoms with Gasteiger partial charge in [0.25, 0.3) is 0 Å². The van der Waals surface area contributed by atoms with Gasteiger partial charge in [-0.05, 0) is 55.8 Å². The molecule has 0 spiro atoms. The molecule has 2 N–H and O–H groups in total.